The van der Waals surface area contributed by atoms with Crippen LogP contribution in [0.5, 0.6) is 0 Å². The van der Waals surface area contributed by atoms with E-state index in [1.54, 1.807) is 11.0 Å². The molecule has 0 aliphatic carbocycles. The Hall–Kier alpha value is -2.21. The lowest BCUT2D eigenvalue weighted by molar-refractivity contribution is -0.127. The zero-order valence-electron chi connectivity index (χ0n) is 13.0. The summed E-state index contributed by atoms with van der Waals surface area (Å²) in [6, 6.07) is 6.55. The number of rotatable bonds is 5. The van der Waals surface area contributed by atoms with Gasteiger partial charge in [-0.15, -0.1) is 0 Å². The number of hydrogen-bond acceptors (Lipinski definition) is 4. The van der Waals surface area contributed by atoms with Crippen molar-refractivity contribution in [2.45, 2.75) is 32.9 Å². The van der Waals surface area contributed by atoms with Gasteiger partial charge in [0.05, 0.1) is 5.69 Å². The third-order valence-electron chi connectivity index (χ3n) is 4.12. The Morgan fingerprint density at radius 3 is 2.91 bits per heavy atom. The smallest absolute Gasteiger partial charge is 0.224 e. The quantitative estimate of drug-likeness (QED) is 0.903. The van der Waals surface area contributed by atoms with E-state index in [1.165, 1.54) is 11.9 Å². The molecule has 1 aromatic carbocycles. The molecule has 0 radical (unpaired) electrons. The van der Waals surface area contributed by atoms with Crippen molar-refractivity contribution in [1.82, 2.24) is 25.0 Å². The Morgan fingerprint density at radius 1 is 1.41 bits per heavy atom. The van der Waals surface area contributed by atoms with Gasteiger partial charge >= 0.3 is 0 Å². The molecule has 1 saturated heterocycles. The lowest BCUT2D eigenvalue weighted by Gasteiger charge is -2.15. The van der Waals surface area contributed by atoms with Gasteiger partial charge in [0.2, 0.25) is 5.91 Å². The number of nitrogens with one attached hydrogen (secondary N) is 1. The highest BCUT2D eigenvalue weighted by molar-refractivity contribution is 5.79. The molecule has 1 N–H and O–H groups in total. The second-order valence-corrected chi connectivity index (χ2v) is 5.68. The van der Waals surface area contributed by atoms with Crippen LogP contribution >= 0.6 is 0 Å². The molecule has 1 aromatic heterocycles. The molecule has 6 heteroatoms. The maximum Gasteiger partial charge on any atom is 0.224 e. The van der Waals surface area contributed by atoms with Crippen molar-refractivity contribution < 1.29 is 4.79 Å². The second kappa shape index (κ2) is 6.27. The van der Waals surface area contributed by atoms with Crippen LogP contribution in [0.25, 0.3) is 5.69 Å². The molecular weight excluding hydrogens is 278 g/mol. The number of carbonyl (C=O) groups is 1. The predicted molar refractivity (Wildman–Crippen MR) is 83.6 cm³/mol. The first-order valence-corrected chi connectivity index (χ1v) is 7.63. The fourth-order valence-electron chi connectivity index (χ4n) is 2.89. The fourth-order valence-corrected chi connectivity index (χ4v) is 2.89. The van der Waals surface area contributed by atoms with E-state index in [1.807, 2.05) is 11.8 Å². The third kappa shape index (κ3) is 3.01. The van der Waals surface area contributed by atoms with Gasteiger partial charge in [-0.25, -0.2) is 9.67 Å². The van der Waals surface area contributed by atoms with Gasteiger partial charge in [0, 0.05) is 32.1 Å². The number of amides is 1. The number of aromatic nitrogens is 3. The van der Waals surface area contributed by atoms with Crippen LogP contribution in [-0.2, 0) is 11.3 Å². The molecule has 0 bridgehead atoms. The Morgan fingerprint density at radius 2 is 2.27 bits per heavy atom. The summed E-state index contributed by atoms with van der Waals surface area (Å²) in [5.41, 5.74) is 3.40. The highest BCUT2D eigenvalue weighted by Gasteiger charge is 2.27. The van der Waals surface area contributed by atoms with Crippen LogP contribution in [0.1, 0.15) is 24.5 Å². The zero-order chi connectivity index (χ0) is 15.5. The predicted octanol–water partition coefficient (Wildman–Crippen LogP) is 1.29. The number of benzene rings is 1. The van der Waals surface area contributed by atoms with E-state index in [0.717, 1.165) is 30.9 Å². The van der Waals surface area contributed by atoms with Crippen LogP contribution in [0.4, 0.5) is 0 Å². The lowest BCUT2D eigenvalue weighted by atomic mass is 10.1. The zero-order valence-corrected chi connectivity index (χ0v) is 13.0. The first-order valence-electron chi connectivity index (χ1n) is 7.63. The fraction of sp³-hybridized carbons (Fsp3) is 0.438. The van der Waals surface area contributed by atoms with Crippen molar-refractivity contribution in [1.29, 1.82) is 0 Å². The molecular formula is C16H21N5O. The van der Waals surface area contributed by atoms with Crippen molar-refractivity contribution in [3.05, 3.63) is 42.0 Å². The van der Waals surface area contributed by atoms with Gasteiger partial charge in [0.25, 0.3) is 0 Å². The van der Waals surface area contributed by atoms with Gasteiger partial charge in [0.15, 0.2) is 0 Å². The number of likely N-dealkylation sites (tertiary alicyclic amines) is 1. The molecule has 22 heavy (non-hydrogen) atoms. The van der Waals surface area contributed by atoms with E-state index >= 15 is 0 Å². The van der Waals surface area contributed by atoms with Crippen LogP contribution in [0.3, 0.4) is 0 Å². The number of likely N-dealkylation sites (N-methyl/N-ethyl adjacent to an activating group) is 1. The first-order chi connectivity index (χ1) is 10.7. The molecule has 1 atom stereocenters. The molecule has 0 saturated carbocycles. The van der Waals surface area contributed by atoms with Crippen LogP contribution < -0.4 is 5.32 Å². The van der Waals surface area contributed by atoms with E-state index in [0.29, 0.717) is 6.42 Å². The molecule has 0 spiro atoms. The molecule has 116 valence electrons. The summed E-state index contributed by atoms with van der Waals surface area (Å²) in [6.07, 6.45) is 3.83. The van der Waals surface area contributed by atoms with E-state index in [4.69, 9.17) is 0 Å². The molecule has 1 unspecified atom stereocenters. The molecule has 2 heterocycles. The van der Waals surface area contributed by atoms with E-state index in [2.05, 4.69) is 40.5 Å². The molecule has 3 rings (SSSR count). The van der Waals surface area contributed by atoms with E-state index in [9.17, 15) is 4.79 Å². The van der Waals surface area contributed by atoms with Crippen molar-refractivity contribution in [3.8, 4) is 5.69 Å². The van der Waals surface area contributed by atoms with Gasteiger partial charge in [-0.05, 0) is 31.0 Å². The third-order valence-corrected chi connectivity index (χ3v) is 4.12. The van der Waals surface area contributed by atoms with Crippen LogP contribution in [-0.4, -0.2) is 44.7 Å². The highest BCUT2D eigenvalue weighted by Crippen LogP contribution is 2.16. The Labute approximate surface area is 130 Å². The van der Waals surface area contributed by atoms with Gasteiger partial charge in [0.1, 0.15) is 12.7 Å². The Balaban J connectivity index is 1.62. The van der Waals surface area contributed by atoms with Crippen LogP contribution in [0.2, 0.25) is 0 Å². The summed E-state index contributed by atoms with van der Waals surface area (Å²) >= 11 is 0. The van der Waals surface area contributed by atoms with Crippen molar-refractivity contribution in [2.75, 3.05) is 13.1 Å². The van der Waals surface area contributed by atoms with E-state index in [-0.39, 0.29) is 11.9 Å². The highest BCUT2D eigenvalue weighted by atomic mass is 16.2. The summed E-state index contributed by atoms with van der Waals surface area (Å²) in [4.78, 5) is 17.6. The van der Waals surface area contributed by atoms with Gasteiger partial charge in [-0.1, -0.05) is 12.1 Å². The normalized spacial score (nSPS) is 18.2. The minimum absolute atomic E-state index is 0.248. The second-order valence-electron chi connectivity index (χ2n) is 5.68. The SMILES string of the molecule is CCN1CC(NCc2ccc(-n3cncn3)c(C)c2)CC1=O. The van der Waals surface area contributed by atoms with Crippen molar-refractivity contribution >= 4 is 5.91 Å². The standard InChI is InChI=1S/C16H21N5O/c1-3-20-9-14(7-16(20)22)18-8-13-4-5-15(12(2)6-13)21-11-17-10-19-21/h4-6,10-11,14,18H,3,7-9H2,1-2H3. The molecule has 1 amide bonds. The molecule has 1 fully saturated rings. The van der Waals surface area contributed by atoms with Crippen LogP contribution in [0, 0.1) is 6.92 Å². The minimum atomic E-state index is 0.248. The number of hydrogen-bond donors (Lipinski definition) is 1. The van der Waals surface area contributed by atoms with E-state index < -0.39 is 0 Å². The van der Waals surface area contributed by atoms with Crippen LogP contribution in [0.15, 0.2) is 30.9 Å². The summed E-state index contributed by atoms with van der Waals surface area (Å²) in [7, 11) is 0. The summed E-state index contributed by atoms with van der Waals surface area (Å²) in [5, 5.41) is 7.64. The molecule has 1 aliphatic rings. The van der Waals surface area contributed by atoms with Crippen molar-refractivity contribution in [2.24, 2.45) is 0 Å². The Bertz CT molecular complexity index is 653. The monoisotopic (exact) mass is 299 g/mol. The minimum Gasteiger partial charge on any atom is -0.341 e. The number of nitrogens with zero attached hydrogens (tertiary/aromatic N) is 4. The number of carbonyl (C=O) groups excluding carboxylic acids is 1. The van der Waals surface area contributed by atoms with Gasteiger partial charge in [-0.2, -0.15) is 5.10 Å². The molecule has 2 aromatic rings. The average Bonchev–Trinajstić information content (AvgIpc) is 3.14. The van der Waals surface area contributed by atoms with Crippen molar-refractivity contribution in [3.63, 3.8) is 0 Å². The van der Waals surface area contributed by atoms with Gasteiger partial charge < -0.3 is 10.2 Å². The summed E-state index contributed by atoms with van der Waals surface area (Å²) < 4.78 is 1.77. The maximum atomic E-state index is 11.7. The largest absolute Gasteiger partial charge is 0.341 e. The summed E-state index contributed by atoms with van der Waals surface area (Å²) in [5.74, 6) is 0.248. The molecule has 1 aliphatic heterocycles. The lowest BCUT2D eigenvalue weighted by Crippen LogP contribution is -2.32. The Kier molecular flexibility index (Phi) is 4.20. The molecule has 6 nitrogen and oxygen atoms in total. The topological polar surface area (TPSA) is 63.1 Å². The summed E-state index contributed by atoms with van der Waals surface area (Å²) in [6.45, 7) is 6.47. The van der Waals surface area contributed by atoms with Gasteiger partial charge in [-0.3, -0.25) is 4.79 Å². The average molecular weight is 299 g/mol. The number of aryl methyl sites for hydroxylation is 1. The maximum absolute atomic E-state index is 11.7. The first kappa shape index (κ1) is 14.7.